The molecule has 9 heteroatoms. The van der Waals surface area contributed by atoms with Gasteiger partial charge in [0.05, 0.1) is 25.5 Å². The number of nitrogens with one attached hydrogen (secondary N) is 1. The van der Waals surface area contributed by atoms with Gasteiger partial charge in [-0.15, -0.1) is 24.0 Å². The van der Waals surface area contributed by atoms with E-state index in [1.807, 2.05) is 0 Å². The van der Waals surface area contributed by atoms with Gasteiger partial charge >= 0.3 is 0 Å². The van der Waals surface area contributed by atoms with Gasteiger partial charge in [-0.1, -0.05) is 6.92 Å². The van der Waals surface area contributed by atoms with E-state index in [4.69, 9.17) is 4.74 Å². The summed E-state index contributed by atoms with van der Waals surface area (Å²) in [6, 6.07) is 0.592. The molecule has 1 atom stereocenters. The summed E-state index contributed by atoms with van der Waals surface area (Å²) in [5.74, 6) is 0.942. The van der Waals surface area contributed by atoms with E-state index in [-0.39, 0.29) is 36.3 Å². The lowest BCUT2D eigenvalue weighted by Crippen LogP contribution is -2.46. The Bertz CT molecular complexity index is 488. The third kappa shape index (κ3) is 10.6. The minimum atomic E-state index is -2.96. The number of halogens is 1. The fraction of sp³-hybridized carbons (Fsp3) is 0.938. The van der Waals surface area contributed by atoms with Crippen molar-refractivity contribution in [2.24, 2.45) is 4.99 Å². The summed E-state index contributed by atoms with van der Waals surface area (Å²) in [6.07, 6.45) is 3.73. The summed E-state index contributed by atoms with van der Waals surface area (Å²) in [4.78, 5) is 9.28. The van der Waals surface area contributed by atoms with Crippen LogP contribution in [0.3, 0.4) is 0 Å². The highest BCUT2D eigenvalue weighted by atomic mass is 127. The van der Waals surface area contributed by atoms with Gasteiger partial charge in [-0.2, -0.15) is 0 Å². The van der Waals surface area contributed by atoms with Crippen LogP contribution >= 0.6 is 24.0 Å². The topological polar surface area (TPSA) is 74.2 Å². The normalized spacial score (nSPS) is 18.9. The van der Waals surface area contributed by atoms with Gasteiger partial charge in [-0.25, -0.2) is 8.42 Å². The van der Waals surface area contributed by atoms with Crippen LogP contribution in [-0.2, 0) is 14.6 Å². The third-order valence-electron chi connectivity index (χ3n) is 4.18. The molecule has 1 aliphatic rings. The predicted octanol–water partition coefficient (Wildman–Crippen LogP) is 1.05. The molecule has 0 aromatic rings. The quantitative estimate of drug-likeness (QED) is 0.214. The Morgan fingerprint density at radius 1 is 1.36 bits per heavy atom. The molecule has 0 aliphatic carbocycles. The lowest BCUT2D eigenvalue weighted by atomic mass is 10.2. The number of hydrogen-bond acceptors (Lipinski definition) is 5. The summed E-state index contributed by atoms with van der Waals surface area (Å²) >= 11 is 0. The van der Waals surface area contributed by atoms with Crippen LogP contribution in [0.15, 0.2) is 4.99 Å². The van der Waals surface area contributed by atoms with Crippen molar-refractivity contribution in [3.05, 3.63) is 0 Å². The van der Waals surface area contributed by atoms with Crippen LogP contribution in [-0.4, -0.2) is 95.2 Å². The average molecular weight is 490 g/mol. The first-order valence-electron chi connectivity index (χ1n) is 8.86. The first-order valence-corrected chi connectivity index (χ1v) is 10.9. The smallest absolute Gasteiger partial charge is 0.193 e. The molecule has 25 heavy (non-hydrogen) atoms. The number of rotatable bonds is 10. The number of guanidine groups is 1. The Morgan fingerprint density at radius 3 is 2.68 bits per heavy atom. The van der Waals surface area contributed by atoms with E-state index in [0.717, 1.165) is 25.6 Å². The van der Waals surface area contributed by atoms with Crippen molar-refractivity contribution in [2.75, 3.05) is 65.0 Å². The van der Waals surface area contributed by atoms with E-state index in [1.165, 1.54) is 25.6 Å². The molecule has 7 nitrogen and oxygen atoms in total. The van der Waals surface area contributed by atoms with Gasteiger partial charge in [0, 0.05) is 32.4 Å². The van der Waals surface area contributed by atoms with E-state index in [9.17, 15) is 8.42 Å². The zero-order chi connectivity index (χ0) is 18.0. The van der Waals surface area contributed by atoms with Crippen molar-refractivity contribution >= 4 is 39.8 Å². The monoisotopic (exact) mass is 490 g/mol. The molecule has 1 rings (SSSR count). The number of hydrogen-bond donors (Lipinski definition) is 1. The highest BCUT2D eigenvalue weighted by molar-refractivity contribution is 14.0. The lowest BCUT2D eigenvalue weighted by molar-refractivity contribution is 0.157. The molecule has 1 saturated heterocycles. The maximum absolute atomic E-state index is 11.0. The first kappa shape index (κ1) is 24.9. The molecule has 1 aliphatic heterocycles. The Labute approximate surface area is 170 Å². The Hall–Kier alpha value is -0.130. The Kier molecular flexibility index (Phi) is 13.0. The number of aliphatic imine (C=N–C) groups is 1. The van der Waals surface area contributed by atoms with Crippen molar-refractivity contribution in [3.63, 3.8) is 0 Å². The lowest BCUT2D eigenvalue weighted by Gasteiger charge is -2.29. The molecular weight excluding hydrogens is 455 g/mol. The molecule has 1 N–H and O–H groups in total. The molecule has 1 heterocycles. The van der Waals surface area contributed by atoms with Crippen LogP contribution < -0.4 is 5.32 Å². The summed E-state index contributed by atoms with van der Waals surface area (Å²) < 4.78 is 27.4. The van der Waals surface area contributed by atoms with Crippen LogP contribution in [0.4, 0.5) is 0 Å². The summed E-state index contributed by atoms with van der Waals surface area (Å²) in [5.41, 5.74) is 0. The van der Waals surface area contributed by atoms with Crippen LogP contribution in [0.1, 0.15) is 26.7 Å². The predicted molar refractivity (Wildman–Crippen MR) is 115 cm³/mol. The molecule has 1 unspecified atom stereocenters. The molecule has 150 valence electrons. The fourth-order valence-electron chi connectivity index (χ4n) is 2.92. The SMILES string of the molecule is CCNC(=NCCOCCS(C)(=O)=O)N(C)CC1CCCN1CC.I. The van der Waals surface area contributed by atoms with Crippen molar-refractivity contribution in [3.8, 4) is 0 Å². The van der Waals surface area contributed by atoms with Crippen LogP contribution in [0, 0.1) is 0 Å². The van der Waals surface area contributed by atoms with Crippen molar-refractivity contribution in [2.45, 2.75) is 32.7 Å². The maximum atomic E-state index is 11.0. The number of likely N-dealkylation sites (N-methyl/N-ethyl adjacent to an activating group) is 2. The van der Waals surface area contributed by atoms with Gasteiger partial charge < -0.3 is 15.0 Å². The molecule has 0 spiro atoms. The van der Waals surface area contributed by atoms with Gasteiger partial charge in [0.2, 0.25) is 0 Å². The molecule has 0 aromatic carbocycles. The molecule has 0 amide bonds. The molecule has 0 aromatic heterocycles. The van der Waals surface area contributed by atoms with Crippen molar-refractivity contribution < 1.29 is 13.2 Å². The minimum absolute atomic E-state index is 0. The zero-order valence-corrected chi connectivity index (χ0v) is 19.2. The maximum Gasteiger partial charge on any atom is 0.193 e. The average Bonchev–Trinajstić information content (AvgIpc) is 2.95. The van der Waals surface area contributed by atoms with Crippen LogP contribution in [0.5, 0.6) is 0 Å². The molecule has 0 saturated carbocycles. The number of likely N-dealkylation sites (tertiary alicyclic amines) is 1. The van der Waals surface area contributed by atoms with Gasteiger partial charge in [0.25, 0.3) is 0 Å². The molecular formula is C16H35IN4O3S. The molecule has 1 fully saturated rings. The van der Waals surface area contributed by atoms with Crippen LogP contribution in [0.2, 0.25) is 0 Å². The second kappa shape index (κ2) is 13.1. The number of sulfone groups is 1. The summed E-state index contributed by atoms with van der Waals surface area (Å²) in [7, 11) is -0.889. The van der Waals surface area contributed by atoms with E-state index in [1.54, 1.807) is 0 Å². The summed E-state index contributed by atoms with van der Waals surface area (Å²) in [6.45, 7) is 9.53. The van der Waals surface area contributed by atoms with Gasteiger partial charge in [0.15, 0.2) is 5.96 Å². The van der Waals surface area contributed by atoms with E-state index >= 15 is 0 Å². The zero-order valence-electron chi connectivity index (χ0n) is 16.0. The second-order valence-electron chi connectivity index (χ2n) is 6.28. The fourth-order valence-corrected chi connectivity index (χ4v) is 3.34. The van der Waals surface area contributed by atoms with Crippen molar-refractivity contribution in [1.82, 2.24) is 15.1 Å². The van der Waals surface area contributed by atoms with Crippen LogP contribution in [0.25, 0.3) is 0 Å². The first-order chi connectivity index (χ1) is 11.4. The third-order valence-corrected chi connectivity index (χ3v) is 5.09. The number of nitrogens with zero attached hydrogens (tertiary/aromatic N) is 3. The van der Waals surface area contributed by atoms with Crippen molar-refractivity contribution in [1.29, 1.82) is 0 Å². The summed E-state index contributed by atoms with van der Waals surface area (Å²) in [5, 5.41) is 3.31. The van der Waals surface area contributed by atoms with E-state index < -0.39 is 9.84 Å². The molecule has 0 radical (unpaired) electrons. The minimum Gasteiger partial charge on any atom is -0.378 e. The molecule has 0 bridgehead atoms. The highest BCUT2D eigenvalue weighted by Crippen LogP contribution is 2.17. The van der Waals surface area contributed by atoms with Gasteiger partial charge in [0.1, 0.15) is 9.84 Å². The Morgan fingerprint density at radius 2 is 2.08 bits per heavy atom. The Balaban J connectivity index is 0.00000576. The standard InChI is InChI=1S/C16H34N4O3S.HI/c1-5-17-16(18-9-11-23-12-13-24(4,21)22)19(3)14-15-8-7-10-20(15)6-2;/h15H,5-14H2,1-4H3,(H,17,18);1H. The van der Waals surface area contributed by atoms with Gasteiger partial charge in [-0.3, -0.25) is 9.89 Å². The largest absolute Gasteiger partial charge is 0.378 e. The van der Waals surface area contributed by atoms with E-state index in [0.29, 0.717) is 19.2 Å². The van der Waals surface area contributed by atoms with E-state index in [2.05, 4.69) is 41.0 Å². The number of ether oxygens (including phenoxy) is 1. The second-order valence-corrected chi connectivity index (χ2v) is 8.54. The van der Waals surface area contributed by atoms with Gasteiger partial charge in [-0.05, 0) is 32.9 Å². The highest BCUT2D eigenvalue weighted by Gasteiger charge is 2.24.